The molecule has 160 valence electrons. The first-order valence-electron chi connectivity index (χ1n) is 10.9. The molecule has 0 saturated heterocycles. The molecule has 0 spiro atoms. The molecule has 0 radical (unpaired) electrons. The Morgan fingerprint density at radius 2 is 2.00 bits per heavy atom. The summed E-state index contributed by atoms with van der Waals surface area (Å²) in [5.41, 5.74) is 3.54. The quantitative estimate of drug-likeness (QED) is 0.566. The van der Waals surface area contributed by atoms with Gasteiger partial charge in [-0.05, 0) is 50.2 Å². The normalized spacial score (nSPS) is 14.5. The highest BCUT2D eigenvalue weighted by molar-refractivity contribution is 5.92. The van der Waals surface area contributed by atoms with Crippen LogP contribution in [0.1, 0.15) is 31.2 Å². The molecule has 2 aromatic heterocycles. The van der Waals surface area contributed by atoms with E-state index in [1.54, 1.807) is 18.5 Å². The van der Waals surface area contributed by atoms with Crippen LogP contribution in [0.4, 0.5) is 0 Å². The monoisotopic (exact) mass is 415 g/mol. The zero-order valence-corrected chi connectivity index (χ0v) is 17.9. The number of benzene rings is 1. The van der Waals surface area contributed by atoms with Crippen LogP contribution in [0, 0.1) is 0 Å². The van der Waals surface area contributed by atoms with Gasteiger partial charge in [0, 0.05) is 54.9 Å². The predicted octanol–water partition coefficient (Wildman–Crippen LogP) is 3.94. The van der Waals surface area contributed by atoms with E-state index in [4.69, 9.17) is 5.10 Å². The molecule has 0 aliphatic heterocycles. The average molecular weight is 416 g/mol. The molecular weight excluding hydrogens is 386 g/mol. The van der Waals surface area contributed by atoms with Gasteiger partial charge in [-0.15, -0.1) is 0 Å². The maximum absolute atomic E-state index is 12.4. The lowest BCUT2D eigenvalue weighted by atomic mass is 10.1. The number of nitrogens with one attached hydrogen (secondary N) is 1. The van der Waals surface area contributed by atoms with Crippen molar-refractivity contribution in [3.8, 4) is 16.9 Å². The number of hydrogen-bond acceptors (Lipinski definition) is 4. The van der Waals surface area contributed by atoms with Crippen molar-refractivity contribution in [1.82, 2.24) is 25.0 Å². The lowest BCUT2D eigenvalue weighted by molar-refractivity contribution is -0.116. The number of likely N-dealkylation sites (N-methyl/N-ethyl adjacent to an activating group) is 1. The van der Waals surface area contributed by atoms with Crippen LogP contribution in [0.15, 0.2) is 67.1 Å². The lowest BCUT2D eigenvalue weighted by Crippen LogP contribution is -2.36. The number of para-hydroxylation sites is 1. The predicted molar refractivity (Wildman–Crippen MR) is 124 cm³/mol. The molecule has 1 fully saturated rings. The summed E-state index contributed by atoms with van der Waals surface area (Å²) in [5, 5.41) is 7.74. The van der Waals surface area contributed by atoms with E-state index in [1.807, 2.05) is 59.4 Å². The van der Waals surface area contributed by atoms with Crippen molar-refractivity contribution in [3.63, 3.8) is 0 Å². The van der Waals surface area contributed by atoms with Crippen molar-refractivity contribution in [3.05, 3.63) is 72.7 Å². The molecule has 6 nitrogen and oxygen atoms in total. The molecule has 1 aliphatic rings. The SMILES string of the molecule is CN(CCNC(=O)/C=C/c1cn(-c2ccccc2)nc1-c1cccnc1)C1CCCC1. The number of carbonyl (C=O) groups is 1. The molecule has 0 bridgehead atoms. The van der Waals surface area contributed by atoms with Gasteiger partial charge in [-0.3, -0.25) is 9.78 Å². The average Bonchev–Trinajstić information content (AvgIpc) is 3.49. The number of hydrogen-bond donors (Lipinski definition) is 1. The maximum Gasteiger partial charge on any atom is 0.244 e. The summed E-state index contributed by atoms with van der Waals surface area (Å²) in [7, 11) is 2.15. The fourth-order valence-electron chi connectivity index (χ4n) is 4.06. The molecule has 6 heteroatoms. The summed E-state index contributed by atoms with van der Waals surface area (Å²) in [6.45, 7) is 1.52. The number of aromatic nitrogens is 3. The van der Waals surface area contributed by atoms with E-state index in [0.717, 1.165) is 29.1 Å². The van der Waals surface area contributed by atoms with Gasteiger partial charge in [-0.1, -0.05) is 31.0 Å². The zero-order chi connectivity index (χ0) is 21.5. The Labute approximate surface area is 183 Å². The molecule has 1 saturated carbocycles. The molecule has 0 atom stereocenters. The second-order valence-electron chi connectivity index (χ2n) is 8.00. The first-order chi connectivity index (χ1) is 15.2. The van der Waals surface area contributed by atoms with Gasteiger partial charge in [0.2, 0.25) is 5.91 Å². The molecule has 3 aromatic rings. The van der Waals surface area contributed by atoms with Crippen LogP contribution >= 0.6 is 0 Å². The number of rotatable bonds is 8. The van der Waals surface area contributed by atoms with E-state index in [2.05, 4.69) is 22.2 Å². The molecule has 1 N–H and O–H groups in total. The van der Waals surface area contributed by atoms with Crippen molar-refractivity contribution in [2.24, 2.45) is 0 Å². The van der Waals surface area contributed by atoms with Crippen LogP contribution in [0.2, 0.25) is 0 Å². The minimum atomic E-state index is -0.0931. The van der Waals surface area contributed by atoms with E-state index in [0.29, 0.717) is 12.6 Å². The maximum atomic E-state index is 12.4. The van der Waals surface area contributed by atoms with Crippen LogP contribution in [0.5, 0.6) is 0 Å². The Kier molecular flexibility index (Phi) is 6.89. The van der Waals surface area contributed by atoms with Gasteiger partial charge in [0.25, 0.3) is 0 Å². The fraction of sp³-hybridized carbons (Fsp3) is 0.320. The second-order valence-corrected chi connectivity index (χ2v) is 8.00. The van der Waals surface area contributed by atoms with Crippen molar-refractivity contribution >= 4 is 12.0 Å². The Morgan fingerprint density at radius 1 is 1.19 bits per heavy atom. The van der Waals surface area contributed by atoms with E-state index in [9.17, 15) is 4.79 Å². The van der Waals surface area contributed by atoms with Crippen molar-refractivity contribution in [2.45, 2.75) is 31.7 Å². The van der Waals surface area contributed by atoms with Crippen LogP contribution < -0.4 is 5.32 Å². The summed E-state index contributed by atoms with van der Waals surface area (Å²) in [6, 6.07) is 14.5. The number of amides is 1. The number of pyridine rings is 1. The van der Waals surface area contributed by atoms with E-state index >= 15 is 0 Å². The van der Waals surface area contributed by atoms with Gasteiger partial charge in [0.05, 0.1) is 5.69 Å². The summed E-state index contributed by atoms with van der Waals surface area (Å²) in [4.78, 5) is 19.0. The van der Waals surface area contributed by atoms with Gasteiger partial charge in [0.1, 0.15) is 5.69 Å². The van der Waals surface area contributed by atoms with Crippen molar-refractivity contribution in [1.29, 1.82) is 0 Å². The number of carbonyl (C=O) groups excluding carboxylic acids is 1. The zero-order valence-electron chi connectivity index (χ0n) is 17.9. The van der Waals surface area contributed by atoms with Crippen LogP contribution in [0.25, 0.3) is 23.0 Å². The summed E-state index contributed by atoms with van der Waals surface area (Å²) < 4.78 is 1.83. The standard InChI is InChI=1S/C25H29N5O/c1-29(22-9-5-6-10-22)17-16-27-24(31)14-13-21-19-30(23-11-3-2-4-12-23)28-25(21)20-8-7-15-26-18-20/h2-4,7-8,11-15,18-19,22H,5-6,9-10,16-17H2,1H3,(H,27,31)/b14-13+. The van der Waals surface area contributed by atoms with Gasteiger partial charge >= 0.3 is 0 Å². The Bertz CT molecular complexity index is 1010. The van der Waals surface area contributed by atoms with Crippen molar-refractivity contribution < 1.29 is 4.79 Å². The molecular formula is C25H29N5O. The van der Waals surface area contributed by atoms with E-state index in [-0.39, 0.29) is 5.91 Å². The Balaban J connectivity index is 1.44. The van der Waals surface area contributed by atoms with E-state index in [1.165, 1.54) is 25.7 Å². The minimum Gasteiger partial charge on any atom is -0.351 e. The summed E-state index contributed by atoms with van der Waals surface area (Å²) in [5.74, 6) is -0.0931. The molecule has 1 aliphatic carbocycles. The summed E-state index contributed by atoms with van der Waals surface area (Å²) in [6.07, 6.45) is 14.1. The first kappa shape index (κ1) is 21.0. The highest BCUT2D eigenvalue weighted by Crippen LogP contribution is 2.24. The smallest absolute Gasteiger partial charge is 0.244 e. The van der Waals surface area contributed by atoms with E-state index < -0.39 is 0 Å². The van der Waals surface area contributed by atoms with Crippen LogP contribution in [-0.2, 0) is 4.79 Å². The largest absolute Gasteiger partial charge is 0.351 e. The third kappa shape index (κ3) is 5.47. The Morgan fingerprint density at radius 3 is 2.74 bits per heavy atom. The molecule has 31 heavy (non-hydrogen) atoms. The Hall–Kier alpha value is -3.25. The van der Waals surface area contributed by atoms with Gasteiger partial charge < -0.3 is 10.2 Å². The van der Waals surface area contributed by atoms with Crippen LogP contribution in [-0.4, -0.2) is 51.8 Å². The fourth-order valence-corrected chi connectivity index (χ4v) is 4.06. The lowest BCUT2D eigenvalue weighted by Gasteiger charge is -2.23. The van der Waals surface area contributed by atoms with Gasteiger partial charge in [-0.2, -0.15) is 5.10 Å². The second kappa shape index (κ2) is 10.2. The molecule has 0 unspecified atom stereocenters. The third-order valence-corrected chi connectivity index (χ3v) is 5.82. The van der Waals surface area contributed by atoms with Gasteiger partial charge in [0.15, 0.2) is 0 Å². The number of nitrogens with zero attached hydrogens (tertiary/aromatic N) is 4. The molecule has 2 heterocycles. The van der Waals surface area contributed by atoms with Crippen LogP contribution in [0.3, 0.4) is 0 Å². The molecule has 1 aromatic carbocycles. The summed E-state index contributed by atoms with van der Waals surface area (Å²) >= 11 is 0. The van der Waals surface area contributed by atoms with Gasteiger partial charge in [-0.25, -0.2) is 4.68 Å². The topological polar surface area (TPSA) is 63.1 Å². The molecule has 4 rings (SSSR count). The highest BCUT2D eigenvalue weighted by atomic mass is 16.1. The van der Waals surface area contributed by atoms with Crippen molar-refractivity contribution in [2.75, 3.05) is 20.1 Å². The molecule has 1 amide bonds. The minimum absolute atomic E-state index is 0.0931. The first-order valence-corrected chi connectivity index (χ1v) is 10.9. The third-order valence-electron chi connectivity index (χ3n) is 5.82. The highest BCUT2D eigenvalue weighted by Gasteiger charge is 2.18.